The van der Waals surface area contributed by atoms with Gasteiger partial charge in [0.2, 0.25) is 0 Å². The van der Waals surface area contributed by atoms with Gasteiger partial charge in [-0.05, 0) is 55.2 Å². The topological polar surface area (TPSA) is 65.4 Å². The SMILES string of the molecule is COc1ccc(CCNC(=O)c2ccc3c(c2)nc(-c2ccccc2)n3C2CCCCC2)cc1OC. The first kappa shape index (κ1) is 23.9. The fraction of sp³-hybridized carbons (Fsp3) is 0.333. The van der Waals surface area contributed by atoms with E-state index in [4.69, 9.17) is 14.5 Å². The summed E-state index contributed by atoms with van der Waals surface area (Å²) in [7, 11) is 3.24. The van der Waals surface area contributed by atoms with Gasteiger partial charge in [0.15, 0.2) is 11.5 Å². The molecule has 4 aromatic rings. The Bertz CT molecular complexity index is 1340. The van der Waals surface area contributed by atoms with Crippen molar-refractivity contribution in [2.45, 2.75) is 44.6 Å². The molecule has 0 spiro atoms. The Hall–Kier alpha value is -3.80. The minimum absolute atomic E-state index is 0.0918. The third-order valence-electron chi connectivity index (χ3n) is 7.07. The first-order chi connectivity index (χ1) is 17.7. The minimum atomic E-state index is -0.0918. The van der Waals surface area contributed by atoms with Gasteiger partial charge in [-0.15, -0.1) is 0 Å². The van der Waals surface area contributed by atoms with Crippen LogP contribution in [0.2, 0.25) is 0 Å². The molecule has 0 unspecified atom stereocenters. The highest BCUT2D eigenvalue weighted by atomic mass is 16.5. The smallest absolute Gasteiger partial charge is 0.251 e. The molecule has 0 saturated heterocycles. The fourth-order valence-electron chi connectivity index (χ4n) is 5.20. The molecule has 186 valence electrons. The molecule has 0 aliphatic heterocycles. The molecule has 36 heavy (non-hydrogen) atoms. The average molecular weight is 484 g/mol. The molecule has 0 atom stereocenters. The Morgan fingerprint density at radius 1 is 0.944 bits per heavy atom. The minimum Gasteiger partial charge on any atom is -0.493 e. The molecule has 1 aliphatic carbocycles. The Morgan fingerprint density at radius 3 is 2.47 bits per heavy atom. The molecule has 5 rings (SSSR count). The molecule has 1 N–H and O–H groups in total. The molecule has 0 bridgehead atoms. The molecule has 3 aromatic carbocycles. The zero-order valence-corrected chi connectivity index (χ0v) is 21.0. The number of hydrogen-bond donors (Lipinski definition) is 1. The van der Waals surface area contributed by atoms with Crippen LogP contribution in [0.5, 0.6) is 11.5 Å². The van der Waals surface area contributed by atoms with Crippen molar-refractivity contribution in [2.75, 3.05) is 20.8 Å². The molecule has 1 heterocycles. The van der Waals surface area contributed by atoms with Crippen LogP contribution in [0.15, 0.2) is 66.7 Å². The Balaban J connectivity index is 1.36. The van der Waals surface area contributed by atoms with Crippen molar-refractivity contribution >= 4 is 16.9 Å². The van der Waals surface area contributed by atoms with Gasteiger partial charge in [0, 0.05) is 23.7 Å². The van der Waals surface area contributed by atoms with Gasteiger partial charge in [-0.1, -0.05) is 55.7 Å². The van der Waals surface area contributed by atoms with Crippen LogP contribution in [0.1, 0.15) is 54.1 Å². The van der Waals surface area contributed by atoms with E-state index in [-0.39, 0.29) is 5.91 Å². The summed E-state index contributed by atoms with van der Waals surface area (Å²) in [5.74, 6) is 2.28. The summed E-state index contributed by atoms with van der Waals surface area (Å²) in [4.78, 5) is 18.0. The first-order valence-electron chi connectivity index (χ1n) is 12.7. The maximum Gasteiger partial charge on any atom is 0.251 e. The van der Waals surface area contributed by atoms with Crippen LogP contribution >= 0.6 is 0 Å². The van der Waals surface area contributed by atoms with Crippen molar-refractivity contribution < 1.29 is 14.3 Å². The average Bonchev–Trinajstić information content (AvgIpc) is 3.32. The lowest BCUT2D eigenvalue weighted by atomic mass is 9.95. The number of amides is 1. The highest BCUT2D eigenvalue weighted by Crippen LogP contribution is 2.36. The second-order valence-electron chi connectivity index (χ2n) is 9.36. The van der Waals surface area contributed by atoms with Gasteiger partial charge in [-0.25, -0.2) is 4.98 Å². The Kier molecular flexibility index (Phi) is 7.21. The van der Waals surface area contributed by atoms with E-state index < -0.39 is 0 Å². The summed E-state index contributed by atoms with van der Waals surface area (Å²) in [5, 5.41) is 3.05. The lowest BCUT2D eigenvalue weighted by Crippen LogP contribution is -2.25. The van der Waals surface area contributed by atoms with Gasteiger partial charge in [0.05, 0.1) is 25.3 Å². The molecular formula is C30H33N3O3. The van der Waals surface area contributed by atoms with Crippen LogP contribution in [0, 0.1) is 0 Å². The third kappa shape index (κ3) is 4.94. The van der Waals surface area contributed by atoms with E-state index in [0.29, 0.717) is 36.1 Å². The maximum absolute atomic E-state index is 13.0. The van der Waals surface area contributed by atoms with Crippen molar-refractivity contribution in [2.24, 2.45) is 0 Å². The quantitative estimate of drug-likeness (QED) is 0.324. The molecule has 1 saturated carbocycles. The van der Waals surface area contributed by atoms with Crippen molar-refractivity contribution in [3.8, 4) is 22.9 Å². The van der Waals surface area contributed by atoms with Crippen molar-refractivity contribution in [3.63, 3.8) is 0 Å². The normalized spacial score (nSPS) is 14.1. The number of fused-ring (bicyclic) bond motifs is 1. The number of methoxy groups -OCH3 is 2. The number of nitrogens with zero attached hydrogens (tertiary/aromatic N) is 2. The number of aromatic nitrogens is 2. The first-order valence-corrected chi connectivity index (χ1v) is 12.7. The van der Waals surface area contributed by atoms with Crippen LogP contribution in [0.25, 0.3) is 22.4 Å². The number of carbonyl (C=O) groups excluding carboxylic acids is 1. The third-order valence-corrected chi connectivity index (χ3v) is 7.07. The Labute approximate surface area is 212 Å². The lowest BCUT2D eigenvalue weighted by Gasteiger charge is -2.25. The number of nitrogens with one attached hydrogen (secondary N) is 1. The van der Waals surface area contributed by atoms with Crippen LogP contribution in [0.4, 0.5) is 0 Å². The van der Waals surface area contributed by atoms with Crippen molar-refractivity contribution in [3.05, 3.63) is 77.9 Å². The summed E-state index contributed by atoms with van der Waals surface area (Å²) in [6.45, 7) is 0.526. The molecule has 1 aromatic heterocycles. The zero-order valence-electron chi connectivity index (χ0n) is 21.0. The number of hydrogen-bond acceptors (Lipinski definition) is 4. The van der Waals surface area contributed by atoms with Gasteiger partial charge in [0.1, 0.15) is 5.82 Å². The highest BCUT2D eigenvalue weighted by Gasteiger charge is 2.23. The molecule has 1 fully saturated rings. The lowest BCUT2D eigenvalue weighted by molar-refractivity contribution is 0.0954. The number of rotatable bonds is 8. The largest absolute Gasteiger partial charge is 0.493 e. The number of carbonyl (C=O) groups is 1. The second-order valence-corrected chi connectivity index (χ2v) is 9.36. The molecule has 6 heteroatoms. The van der Waals surface area contributed by atoms with Gasteiger partial charge >= 0.3 is 0 Å². The predicted octanol–water partition coefficient (Wildman–Crippen LogP) is 6.20. The van der Waals surface area contributed by atoms with Gasteiger partial charge in [-0.3, -0.25) is 4.79 Å². The van der Waals surface area contributed by atoms with E-state index >= 15 is 0 Å². The summed E-state index contributed by atoms with van der Waals surface area (Å²) < 4.78 is 13.1. The summed E-state index contributed by atoms with van der Waals surface area (Å²) in [5.41, 5.74) is 4.78. The van der Waals surface area contributed by atoms with Gasteiger partial charge in [-0.2, -0.15) is 0 Å². The van der Waals surface area contributed by atoms with E-state index in [1.165, 1.54) is 32.1 Å². The van der Waals surface area contributed by atoms with E-state index in [2.05, 4.69) is 40.2 Å². The number of imidazole rings is 1. The van der Waals surface area contributed by atoms with E-state index in [0.717, 1.165) is 28.0 Å². The molecule has 0 radical (unpaired) electrons. The monoisotopic (exact) mass is 483 g/mol. The van der Waals surface area contributed by atoms with Crippen LogP contribution in [0.3, 0.4) is 0 Å². The predicted molar refractivity (Wildman–Crippen MR) is 143 cm³/mol. The van der Waals surface area contributed by atoms with E-state index in [9.17, 15) is 4.79 Å². The van der Waals surface area contributed by atoms with Crippen molar-refractivity contribution in [1.29, 1.82) is 0 Å². The van der Waals surface area contributed by atoms with Crippen LogP contribution < -0.4 is 14.8 Å². The summed E-state index contributed by atoms with van der Waals surface area (Å²) >= 11 is 0. The molecule has 1 aliphatic rings. The maximum atomic E-state index is 13.0. The van der Waals surface area contributed by atoms with Crippen molar-refractivity contribution in [1.82, 2.24) is 14.9 Å². The number of benzene rings is 3. The van der Waals surface area contributed by atoms with Gasteiger partial charge < -0.3 is 19.4 Å². The molecule has 6 nitrogen and oxygen atoms in total. The fourth-order valence-corrected chi connectivity index (χ4v) is 5.20. The standard InChI is InChI=1S/C30H33N3O3/c1-35-27-16-13-21(19-28(27)36-2)17-18-31-30(34)23-14-15-26-25(20-23)32-29(22-9-5-3-6-10-22)33(26)24-11-7-4-8-12-24/h3,5-6,9-10,13-16,19-20,24H,4,7-8,11-12,17-18H2,1-2H3,(H,31,34). The molecule has 1 amide bonds. The summed E-state index contributed by atoms with van der Waals surface area (Å²) in [6, 6.07) is 22.5. The molecular weight excluding hydrogens is 450 g/mol. The van der Waals surface area contributed by atoms with Gasteiger partial charge in [0.25, 0.3) is 5.91 Å². The zero-order chi connectivity index (χ0) is 24.9. The van der Waals surface area contributed by atoms with E-state index in [1.807, 2.05) is 36.4 Å². The summed E-state index contributed by atoms with van der Waals surface area (Å²) in [6.07, 6.45) is 6.84. The van der Waals surface area contributed by atoms with E-state index in [1.54, 1.807) is 14.2 Å². The second kappa shape index (κ2) is 10.9. The Morgan fingerprint density at radius 2 is 1.72 bits per heavy atom. The number of ether oxygens (including phenoxy) is 2. The highest BCUT2D eigenvalue weighted by molar-refractivity contribution is 5.98. The van der Waals surface area contributed by atoms with Crippen LogP contribution in [-0.4, -0.2) is 36.2 Å². The van der Waals surface area contributed by atoms with Crippen LogP contribution in [-0.2, 0) is 6.42 Å².